The van der Waals surface area contributed by atoms with E-state index in [0.29, 0.717) is 17.2 Å². The van der Waals surface area contributed by atoms with Crippen LogP contribution in [0.25, 0.3) is 0 Å². The zero-order valence-corrected chi connectivity index (χ0v) is 11.5. The Morgan fingerprint density at radius 1 is 1.36 bits per heavy atom. The minimum atomic E-state index is -1.03. The second kappa shape index (κ2) is 6.99. The number of hydrogen-bond donors (Lipinski definition) is 3. The summed E-state index contributed by atoms with van der Waals surface area (Å²) < 4.78 is 10.4. The fourth-order valence-corrected chi connectivity index (χ4v) is 1.67. The Morgan fingerprint density at radius 3 is 2.86 bits per heavy atom. The number of rotatable bonds is 6. The Balaban J connectivity index is 1.96. The number of aliphatic carboxylic acids is 1. The Kier molecular flexibility index (Phi) is 4.82. The summed E-state index contributed by atoms with van der Waals surface area (Å²) in [5.41, 5.74) is 0.457. The number of fused-ring (bicyclic) bond motifs is 1. The molecule has 0 saturated carbocycles. The molecule has 1 amide bonds. The molecule has 0 aliphatic carbocycles. The lowest BCUT2D eigenvalue weighted by molar-refractivity contribution is -0.136. The van der Waals surface area contributed by atoms with Crippen LogP contribution in [0.4, 0.5) is 5.69 Å². The van der Waals surface area contributed by atoms with Gasteiger partial charge in [-0.3, -0.25) is 9.59 Å². The van der Waals surface area contributed by atoms with Gasteiger partial charge in [0.1, 0.15) is 11.6 Å². The van der Waals surface area contributed by atoms with Crippen LogP contribution in [0.15, 0.2) is 30.0 Å². The maximum absolute atomic E-state index is 11.7. The smallest absolute Gasteiger partial charge is 0.305 e. The number of nitrogens with one attached hydrogen (secondary N) is 2. The molecule has 114 valence electrons. The molecule has 1 aliphatic rings. The van der Waals surface area contributed by atoms with Crippen LogP contribution in [-0.2, 0) is 9.59 Å². The highest BCUT2D eigenvalue weighted by molar-refractivity contribution is 5.97. The van der Waals surface area contributed by atoms with Crippen molar-refractivity contribution in [1.82, 2.24) is 5.32 Å². The van der Waals surface area contributed by atoms with E-state index in [1.807, 2.05) is 0 Å². The average molecular weight is 303 g/mol. The first-order chi connectivity index (χ1) is 10.6. The summed E-state index contributed by atoms with van der Waals surface area (Å²) in [6, 6.07) is 6.84. The fraction of sp³-hybridized carbons (Fsp3) is 0.214. The lowest BCUT2D eigenvalue weighted by atomic mass is 10.2. The topological polar surface area (TPSA) is 121 Å². The molecule has 0 fully saturated rings. The van der Waals surface area contributed by atoms with Gasteiger partial charge in [-0.15, -0.1) is 0 Å². The van der Waals surface area contributed by atoms with Crippen molar-refractivity contribution in [3.05, 3.63) is 30.0 Å². The standard InChI is InChI=1S/C14H13N3O5/c15-6-9(14(20)16-4-3-13(18)19)7-17-10-1-2-11-12(5-10)22-8-21-11/h1-2,5,7,17H,3-4,8H2,(H,16,20)(H,18,19)/b9-7-. The molecule has 0 atom stereocenters. The van der Waals surface area contributed by atoms with E-state index in [1.165, 1.54) is 6.20 Å². The van der Waals surface area contributed by atoms with Crippen LogP contribution in [0.1, 0.15) is 6.42 Å². The number of nitriles is 1. The quantitative estimate of drug-likeness (QED) is 0.525. The molecule has 22 heavy (non-hydrogen) atoms. The first-order valence-corrected chi connectivity index (χ1v) is 6.36. The molecule has 1 aromatic rings. The van der Waals surface area contributed by atoms with Crippen LogP contribution >= 0.6 is 0 Å². The van der Waals surface area contributed by atoms with Crippen molar-refractivity contribution in [3.8, 4) is 17.6 Å². The van der Waals surface area contributed by atoms with Crippen molar-refractivity contribution >= 4 is 17.6 Å². The van der Waals surface area contributed by atoms with Crippen molar-refractivity contribution in [3.63, 3.8) is 0 Å². The number of anilines is 1. The largest absolute Gasteiger partial charge is 0.481 e. The number of hydrogen-bond acceptors (Lipinski definition) is 6. The average Bonchev–Trinajstić information content (AvgIpc) is 2.95. The lowest BCUT2D eigenvalue weighted by Gasteiger charge is -2.05. The Bertz CT molecular complexity index is 663. The summed E-state index contributed by atoms with van der Waals surface area (Å²) >= 11 is 0. The zero-order chi connectivity index (χ0) is 15.9. The molecule has 2 rings (SSSR count). The summed E-state index contributed by atoms with van der Waals surface area (Å²) in [5.74, 6) is -0.470. The van der Waals surface area contributed by atoms with Crippen molar-refractivity contribution in [2.75, 3.05) is 18.7 Å². The molecule has 0 aromatic heterocycles. The van der Waals surface area contributed by atoms with Gasteiger partial charge in [0.2, 0.25) is 6.79 Å². The minimum Gasteiger partial charge on any atom is -0.481 e. The van der Waals surface area contributed by atoms with Crippen molar-refractivity contribution in [1.29, 1.82) is 5.26 Å². The highest BCUT2D eigenvalue weighted by Crippen LogP contribution is 2.34. The van der Waals surface area contributed by atoms with Crippen LogP contribution in [-0.4, -0.2) is 30.3 Å². The molecular formula is C14H13N3O5. The normalized spacial score (nSPS) is 12.4. The minimum absolute atomic E-state index is 0.0444. The van der Waals surface area contributed by atoms with E-state index in [9.17, 15) is 9.59 Å². The molecule has 1 aromatic carbocycles. The zero-order valence-electron chi connectivity index (χ0n) is 11.5. The van der Waals surface area contributed by atoms with E-state index < -0.39 is 11.9 Å². The first-order valence-electron chi connectivity index (χ1n) is 6.36. The monoisotopic (exact) mass is 303 g/mol. The van der Waals surface area contributed by atoms with Crippen LogP contribution in [0.5, 0.6) is 11.5 Å². The Hall–Kier alpha value is -3.21. The van der Waals surface area contributed by atoms with Crippen LogP contribution < -0.4 is 20.1 Å². The fourth-order valence-electron chi connectivity index (χ4n) is 1.67. The SMILES string of the molecule is N#C/C(=C/Nc1ccc2c(c1)OCO2)C(=O)NCCC(=O)O. The number of benzene rings is 1. The molecule has 1 heterocycles. The first kappa shape index (κ1) is 15.2. The van der Waals surface area contributed by atoms with E-state index >= 15 is 0 Å². The van der Waals surface area contributed by atoms with E-state index in [0.717, 1.165) is 0 Å². The van der Waals surface area contributed by atoms with Gasteiger partial charge in [-0.05, 0) is 12.1 Å². The number of carbonyl (C=O) groups excluding carboxylic acids is 1. The van der Waals surface area contributed by atoms with Crippen LogP contribution in [0.2, 0.25) is 0 Å². The van der Waals surface area contributed by atoms with Gasteiger partial charge in [-0.25, -0.2) is 0 Å². The van der Waals surface area contributed by atoms with Crippen molar-refractivity contribution in [2.45, 2.75) is 6.42 Å². The number of amides is 1. The molecule has 0 unspecified atom stereocenters. The third-order valence-electron chi connectivity index (χ3n) is 2.75. The summed E-state index contributed by atoms with van der Waals surface area (Å²) in [6.45, 7) is 0.112. The number of nitrogens with zero attached hydrogens (tertiary/aromatic N) is 1. The van der Waals surface area contributed by atoms with Crippen molar-refractivity contribution in [2.24, 2.45) is 0 Å². The number of ether oxygens (including phenoxy) is 2. The molecule has 1 aliphatic heterocycles. The van der Waals surface area contributed by atoms with E-state index in [1.54, 1.807) is 24.3 Å². The Morgan fingerprint density at radius 2 is 2.14 bits per heavy atom. The second-order valence-electron chi connectivity index (χ2n) is 4.28. The number of carboxylic acids is 1. The predicted molar refractivity (Wildman–Crippen MR) is 75.1 cm³/mol. The van der Waals surface area contributed by atoms with Crippen molar-refractivity contribution < 1.29 is 24.2 Å². The lowest BCUT2D eigenvalue weighted by Crippen LogP contribution is -2.27. The van der Waals surface area contributed by atoms with Crippen LogP contribution in [0.3, 0.4) is 0 Å². The summed E-state index contributed by atoms with van der Waals surface area (Å²) in [6.07, 6.45) is 1.04. The van der Waals surface area contributed by atoms with Gasteiger partial charge in [0.05, 0.1) is 6.42 Å². The van der Waals surface area contributed by atoms with E-state index in [-0.39, 0.29) is 25.3 Å². The van der Waals surface area contributed by atoms with Gasteiger partial charge < -0.3 is 25.2 Å². The Labute approximate surface area is 125 Å². The van der Waals surface area contributed by atoms with E-state index in [4.69, 9.17) is 19.8 Å². The third kappa shape index (κ3) is 3.89. The molecule has 0 spiro atoms. The van der Waals surface area contributed by atoms with E-state index in [2.05, 4.69) is 10.6 Å². The van der Waals surface area contributed by atoms with Crippen LogP contribution in [0, 0.1) is 11.3 Å². The maximum atomic E-state index is 11.7. The predicted octanol–water partition coefficient (Wildman–Crippen LogP) is 0.826. The summed E-state index contributed by atoms with van der Waals surface area (Å²) in [4.78, 5) is 22.0. The molecular weight excluding hydrogens is 290 g/mol. The number of carbonyl (C=O) groups is 2. The molecule has 8 heteroatoms. The number of carboxylic acid groups (broad SMARTS) is 1. The van der Waals surface area contributed by atoms with Gasteiger partial charge in [-0.1, -0.05) is 0 Å². The molecule has 0 saturated heterocycles. The van der Waals surface area contributed by atoms with Gasteiger partial charge in [0.15, 0.2) is 11.5 Å². The second-order valence-corrected chi connectivity index (χ2v) is 4.28. The highest BCUT2D eigenvalue weighted by atomic mass is 16.7. The van der Waals surface area contributed by atoms with Gasteiger partial charge >= 0.3 is 5.97 Å². The molecule has 8 nitrogen and oxygen atoms in total. The molecule has 0 radical (unpaired) electrons. The summed E-state index contributed by atoms with van der Waals surface area (Å²) in [7, 11) is 0. The van der Waals surface area contributed by atoms with Gasteiger partial charge in [0, 0.05) is 24.5 Å². The van der Waals surface area contributed by atoms with Gasteiger partial charge in [0.25, 0.3) is 5.91 Å². The maximum Gasteiger partial charge on any atom is 0.305 e. The molecule has 0 bridgehead atoms. The highest BCUT2D eigenvalue weighted by Gasteiger charge is 2.13. The van der Waals surface area contributed by atoms with Gasteiger partial charge in [-0.2, -0.15) is 5.26 Å². The third-order valence-corrected chi connectivity index (χ3v) is 2.75. The summed E-state index contributed by atoms with van der Waals surface area (Å²) in [5, 5.41) is 22.6. The molecule has 3 N–H and O–H groups in total.